The lowest BCUT2D eigenvalue weighted by Gasteiger charge is -2.15. The van der Waals surface area contributed by atoms with Gasteiger partial charge in [0.25, 0.3) is 0 Å². The Bertz CT molecular complexity index is 320. The molecule has 1 heterocycles. The third kappa shape index (κ3) is 3.85. The maximum Gasteiger partial charge on any atom is 0.203 e. The minimum atomic E-state index is 0.401. The molecule has 1 atom stereocenters. The molecule has 16 heavy (non-hydrogen) atoms. The van der Waals surface area contributed by atoms with Crippen molar-refractivity contribution in [2.45, 2.75) is 40.3 Å². The molecule has 0 fully saturated rings. The van der Waals surface area contributed by atoms with Crippen LogP contribution in [0.2, 0.25) is 0 Å². The second-order valence-electron chi connectivity index (χ2n) is 4.72. The second-order valence-corrected chi connectivity index (χ2v) is 4.72. The first-order chi connectivity index (χ1) is 7.52. The Morgan fingerprint density at radius 2 is 2.12 bits per heavy atom. The predicted molar refractivity (Wildman–Crippen MR) is 66.8 cm³/mol. The van der Waals surface area contributed by atoms with Gasteiger partial charge in [-0.3, -0.25) is 0 Å². The number of hydrogen-bond donors (Lipinski definition) is 1. The molecule has 0 aliphatic heterocycles. The van der Waals surface area contributed by atoms with Crippen molar-refractivity contribution in [3.05, 3.63) is 11.9 Å². The second kappa shape index (κ2) is 5.89. The van der Waals surface area contributed by atoms with Crippen LogP contribution in [0.1, 0.15) is 26.5 Å². The van der Waals surface area contributed by atoms with Gasteiger partial charge in [0.2, 0.25) is 5.95 Å². The summed E-state index contributed by atoms with van der Waals surface area (Å²) >= 11 is 0. The molecule has 0 aromatic carbocycles. The number of nitrogens with one attached hydrogen (secondary N) is 1. The van der Waals surface area contributed by atoms with E-state index in [2.05, 4.69) is 41.8 Å². The zero-order valence-electron chi connectivity index (χ0n) is 10.9. The highest BCUT2D eigenvalue weighted by molar-refractivity contribution is 5.29. The molecule has 1 aromatic heterocycles. The summed E-state index contributed by atoms with van der Waals surface area (Å²) in [6.07, 6.45) is 2.08. The molecule has 0 radical (unpaired) electrons. The quantitative estimate of drug-likeness (QED) is 0.807. The highest BCUT2D eigenvalue weighted by atomic mass is 16.5. The molecule has 4 heteroatoms. The van der Waals surface area contributed by atoms with Crippen LogP contribution in [0.4, 0.5) is 5.95 Å². The summed E-state index contributed by atoms with van der Waals surface area (Å²) in [5.41, 5.74) is 1.05. The van der Waals surface area contributed by atoms with Crippen molar-refractivity contribution in [3.8, 4) is 0 Å². The number of anilines is 1. The van der Waals surface area contributed by atoms with Crippen LogP contribution in [0, 0.1) is 12.8 Å². The van der Waals surface area contributed by atoms with Crippen LogP contribution in [-0.4, -0.2) is 29.3 Å². The van der Waals surface area contributed by atoms with E-state index < -0.39 is 0 Å². The van der Waals surface area contributed by atoms with E-state index >= 15 is 0 Å². The minimum Gasteiger partial charge on any atom is -0.384 e. The van der Waals surface area contributed by atoms with Gasteiger partial charge in [0.05, 0.1) is 12.3 Å². The number of aryl methyl sites for hydroxylation is 1. The molecule has 0 bridgehead atoms. The van der Waals surface area contributed by atoms with E-state index in [0.717, 1.165) is 24.8 Å². The van der Waals surface area contributed by atoms with Gasteiger partial charge in [-0.25, -0.2) is 4.98 Å². The van der Waals surface area contributed by atoms with Crippen LogP contribution in [0.3, 0.4) is 0 Å². The van der Waals surface area contributed by atoms with Crippen molar-refractivity contribution in [1.82, 2.24) is 9.55 Å². The molecule has 0 aliphatic carbocycles. The van der Waals surface area contributed by atoms with E-state index in [4.69, 9.17) is 4.74 Å². The lowest BCUT2D eigenvalue weighted by molar-refractivity contribution is 0.151. The van der Waals surface area contributed by atoms with Crippen molar-refractivity contribution in [3.63, 3.8) is 0 Å². The topological polar surface area (TPSA) is 39.1 Å². The molecule has 0 saturated heterocycles. The Labute approximate surface area is 98.0 Å². The maximum atomic E-state index is 5.15. The zero-order valence-corrected chi connectivity index (χ0v) is 10.9. The summed E-state index contributed by atoms with van der Waals surface area (Å²) in [6.45, 7) is 10.1. The van der Waals surface area contributed by atoms with Gasteiger partial charge in [-0.2, -0.15) is 0 Å². The molecular weight excluding hydrogens is 202 g/mol. The van der Waals surface area contributed by atoms with Crippen LogP contribution >= 0.6 is 0 Å². The minimum absolute atomic E-state index is 0.401. The predicted octanol–water partition coefficient (Wildman–Crippen LogP) is 2.29. The summed E-state index contributed by atoms with van der Waals surface area (Å²) in [7, 11) is 1.74. The van der Waals surface area contributed by atoms with Crippen molar-refractivity contribution in [2.75, 3.05) is 19.0 Å². The first-order valence-electron chi connectivity index (χ1n) is 5.82. The van der Waals surface area contributed by atoms with Crippen LogP contribution in [-0.2, 0) is 11.3 Å². The highest BCUT2D eigenvalue weighted by Crippen LogP contribution is 2.12. The van der Waals surface area contributed by atoms with Gasteiger partial charge in [-0.1, -0.05) is 6.92 Å². The fraction of sp³-hybridized carbons (Fsp3) is 0.750. The number of rotatable bonds is 6. The standard InChI is InChI=1S/C12H23N3O/c1-9(2)13-12-14-11(4)7-15(12)6-10(3)8-16-5/h7,9-10H,6,8H2,1-5H3,(H,13,14). The van der Waals surface area contributed by atoms with Gasteiger partial charge in [0.15, 0.2) is 0 Å². The van der Waals surface area contributed by atoms with E-state index in [1.165, 1.54) is 0 Å². The third-order valence-electron chi connectivity index (χ3n) is 2.27. The maximum absolute atomic E-state index is 5.15. The molecule has 0 saturated carbocycles. The Hall–Kier alpha value is -1.03. The molecule has 1 N–H and O–H groups in total. The van der Waals surface area contributed by atoms with E-state index in [-0.39, 0.29) is 0 Å². The Morgan fingerprint density at radius 1 is 1.44 bits per heavy atom. The normalized spacial score (nSPS) is 13.1. The van der Waals surface area contributed by atoms with Crippen molar-refractivity contribution >= 4 is 5.95 Å². The molecule has 1 unspecified atom stereocenters. The smallest absolute Gasteiger partial charge is 0.203 e. The fourth-order valence-corrected chi connectivity index (χ4v) is 1.73. The van der Waals surface area contributed by atoms with Gasteiger partial charge >= 0.3 is 0 Å². The van der Waals surface area contributed by atoms with Gasteiger partial charge in [0.1, 0.15) is 0 Å². The van der Waals surface area contributed by atoms with Gasteiger partial charge in [0, 0.05) is 25.9 Å². The average molecular weight is 225 g/mol. The Kier molecular flexibility index (Phi) is 4.80. The molecular formula is C12H23N3O. The zero-order chi connectivity index (χ0) is 12.1. The van der Waals surface area contributed by atoms with E-state index in [1.54, 1.807) is 7.11 Å². The first kappa shape index (κ1) is 13.0. The van der Waals surface area contributed by atoms with Crippen molar-refractivity contribution in [1.29, 1.82) is 0 Å². The Balaban J connectivity index is 2.70. The lowest BCUT2D eigenvalue weighted by Crippen LogP contribution is -2.18. The number of nitrogens with zero attached hydrogens (tertiary/aromatic N) is 2. The first-order valence-corrected chi connectivity index (χ1v) is 5.82. The van der Waals surface area contributed by atoms with Crippen LogP contribution in [0.15, 0.2) is 6.20 Å². The van der Waals surface area contributed by atoms with Crippen LogP contribution in [0.25, 0.3) is 0 Å². The molecule has 4 nitrogen and oxygen atoms in total. The number of imidazole rings is 1. The fourth-order valence-electron chi connectivity index (χ4n) is 1.73. The van der Waals surface area contributed by atoms with Gasteiger partial charge in [-0.05, 0) is 26.7 Å². The van der Waals surface area contributed by atoms with Gasteiger partial charge < -0.3 is 14.6 Å². The summed E-state index contributed by atoms with van der Waals surface area (Å²) in [5.74, 6) is 1.45. The van der Waals surface area contributed by atoms with Crippen LogP contribution < -0.4 is 5.32 Å². The SMILES string of the molecule is COCC(C)Cn1cc(C)nc1NC(C)C. The van der Waals surface area contributed by atoms with Crippen molar-refractivity contribution in [2.24, 2.45) is 5.92 Å². The average Bonchev–Trinajstić information content (AvgIpc) is 2.45. The van der Waals surface area contributed by atoms with Gasteiger partial charge in [-0.15, -0.1) is 0 Å². The van der Waals surface area contributed by atoms with Crippen molar-refractivity contribution < 1.29 is 4.74 Å². The molecule has 0 amide bonds. The summed E-state index contributed by atoms with van der Waals surface area (Å²) < 4.78 is 7.32. The number of methoxy groups -OCH3 is 1. The number of hydrogen-bond acceptors (Lipinski definition) is 3. The molecule has 92 valence electrons. The summed E-state index contributed by atoms with van der Waals surface area (Å²) in [5, 5.41) is 3.35. The lowest BCUT2D eigenvalue weighted by atomic mass is 10.2. The largest absolute Gasteiger partial charge is 0.384 e. The number of ether oxygens (including phenoxy) is 1. The molecule has 1 aromatic rings. The van der Waals surface area contributed by atoms with E-state index in [1.807, 2.05) is 6.92 Å². The molecule has 0 aliphatic rings. The third-order valence-corrected chi connectivity index (χ3v) is 2.27. The highest BCUT2D eigenvalue weighted by Gasteiger charge is 2.09. The molecule has 0 spiro atoms. The van der Waals surface area contributed by atoms with Crippen LogP contribution in [0.5, 0.6) is 0 Å². The van der Waals surface area contributed by atoms with E-state index in [0.29, 0.717) is 12.0 Å². The number of aromatic nitrogens is 2. The summed E-state index contributed by atoms with van der Waals surface area (Å²) in [6, 6.07) is 0.401. The molecule has 1 rings (SSSR count). The summed E-state index contributed by atoms with van der Waals surface area (Å²) in [4.78, 5) is 4.48. The Morgan fingerprint density at radius 3 is 2.69 bits per heavy atom. The monoisotopic (exact) mass is 225 g/mol. The van der Waals surface area contributed by atoms with E-state index in [9.17, 15) is 0 Å².